The number of hydrogen-bond donors (Lipinski definition) is 2. The molecule has 15 heavy (non-hydrogen) atoms. The summed E-state index contributed by atoms with van der Waals surface area (Å²) in [6.07, 6.45) is 3.91. The zero-order valence-electron chi connectivity index (χ0n) is 9.07. The van der Waals surface area contributed by atoms with Gasteiger partial charge in [-0.2, -0.15) is 0 Å². The van der Waals surface area contributed by atoms with E-state index in [1.165, 1.54) is 0 Å². The van der Waals surface area contributed by atoms with Gasteiger partial charge in [0, 0.05) is 17.3 Å². The molecule has 0 radical (unpaired) electrons. The summed E-state index contributed by atoms with van der Waals surface area (Å²) in [6.45, 7) is 4.21. The van der Waals surface area contributed by atoms with E-state index in [2.05, 4.69) is 23.8 Å². The van der Waals surface area contributed by atoms with Gasteiger partial charge in [-0.05, 0) is 24.5 Å². The topological polar surface area (TPSA) is 48.9 Å². The fourth-order valence-electron chi connectivity index (χ4n) is 1.75. The molecule has 0 spiro atoms. The van der Waals surface area contributed by atoms with Crippen molar-refractivity contribution in [2.75, 3.05) is 0 Å². The Kier molecular flexibility index (Phi) is 2.73. The van der Waals surface area contributed by atoms with E-state index in [0.717, 1.165) is 23.0 Å². The first-order valence-corrected chi connectivity index (χ1v) is 5.27. The Hall–Kier alpha value is -1.35. The van der Waals surface area contributed by atoms with E-state index in [-0.39, 0.29) is 0 Å². The summed E-state index contributed by atoms with van der Waals surface area (Å²) in [5.41, 5.74) is 1.86. The van der Waals surface area contributed by atoms with Crippen LogP contribution in [0.15, 0.2) is 24.5 Å². The molecule has 0 fully saturated rings. The first-order chi connectivity index (χ1) is 7.16. The quantitative estimate of drug-likeness (QED) is 0.807. The third kappa shape index (κ3) is 2.18. The van der Waals surface area contributed by atoms with Crippen LogP contribution >= 0.6 is 0 Å². The summed E-state index contributed by atoms with van der Waals surface area (Å²) in [5, 5.41) is 11.0. The second kappa shape index (κ2) is 4.03. The van der Waals surface area contributed by atoms with Gasteiger partial charge in [-0.3, -0.25) is 4.98 Å². The molecule has 3 nitrogen and oxygen atoms in total. The Morgan fingerprint density at radius 2 is 2.27 bits per heavy atom. The Labute approximate surface area is 89.2 Å². The highest BCUT2D eigenvalue weighted by molar-refractivity contribution is 5.79. The third-order valence-electron chi connectivity index (χ3n) is 2.50. The fraction of sp³-hybridized carbons (Fsp3) is 0.417. The molecular weight excluding hydrogens is 188 g/mol. The van der Waals surface area contributed by atoms with Gasteiger partial charge in [-0.25, -0.2) is 0 Å². The van der Waals surface area contributed by atoms with Crippen LogP contribution in [0.2, 0.25) is 0 Å². The molecule has 1 atom stereocenters. The van der Waals surface area contributed by atoms with Crippen LogP contribution in [0.3, 0.4) is 0 Å². The highest BCUT2D eigenvalue weighted by atomic mass is 16.3. The van der Waals surface area contributed by atoms with Crippen molar-refractivity contribution in [3.63, 3.8) is 0 Å². The number of nitrogens with zero attached hydrogens (tertiary/aromatic N) is 1. The normalized spacial score (nSPS) is 13.6. The molecule has 0 aliphatic carbocycles. The predicted molar refractivity (Wildman–Crippen MR) is 60.5 cm³/mol. The lowest BCUT2D eigenvalue weighted by molar-refractivity contribution is 0.147. The molecule has 3 heteroatoms. The zero-order valence-corrected chi connectivity index (χ0v) is 9.07. The third-order valence-corrected chi connectivity index (χ3v) is 2.50. The lowest BCUT2D eigenvalue weighted by Gasteiger charge is -2.10. The highest BCUT2D eigenvalue weighted by Gasteiger charge is 2.12. The minimum absolute atomic E-state index is 0.405. The summed E-state index contributed by atoms with van der Waals surface area (Å²) >= 11 is 0. The number of aromatic amines is 1. The van der Waals surface area contributed by atoms with Crippen molar-refractivity contribution in [2.24, 2.45) is 5.92 Å². The van der Waals surface area contributed by atoms with Crippen LogP contribution in [0.4, 0.5) is 0 Å². The summed E-state index contributed by atoms with van der Waals surface area (Å²) in [4.78, 5) is 7.22. The van der Waals surface area contributed by atoms with Gasteiger partial charge in [0.05, 0.1) is 17.8 Å². The summed E-state index contributed by atoms with van der Waals surface area (Å²) < 4.78 is 0. The Morgan fingerprint density at radius 3 is 2.93 bits per heavy atom. The van der Waals surface area contributed by atoms with Crippen LogP contribution in [0.25, 0.3) is 10.9 Å². The SMILES string of the molecule is CC(C)C[C@H](O)c1cc2ccncc2[nH]1. The minimum atomic E-state index is -0.405. The summed E-state index contributed by atoms with van der Waals surface area (Å²) in [6, 6.07) is 3.93. The molecule has 2 heterocycles. The Morgan fingerprint density at radius 1 is 1.47 bits per heavy atom. The number of fused-ring (bicyclic) bond motifs is 1. The number of H-pyrrole nitrogens is 1. The second-order valence-electron chi connectivity index (χ2n) is 4.33. The monoisotopic (exact) mass is 204 g/mol. The number of nitrogens with one attached hydrogen (secondary N) is 1. The standard InChI is InChI=1S/C12H16N2O/c1-8(2)5-12(15)10-6-9-3-4-13-7-11(9)14-10/h3-4,6-8,12,14-15H,5H2,1-2H3/t12-/m0/s1. The highest BCUT2D eigenvalue weighted by Crippen LogP contribution is 2.23. The Balaban J connectivity index is 2.28. The minimum Gasteiger partial charge on any atom is -0.387 e. The van der Waals surface area contributed by atoms with Crippen LogP contribution in [-0.2, 0) is 0 Å². The molecule has 0 aliphatic rings. The van der Waals surface area contributed by atoms with Gasteiger partial charge < -0.3 is 10.1 Å². The first-order valence-electron chi connectivity index (χ1n) is 5.27. The van der Waals surface area contributed by atoms with Crippen molar-refractivity contribution in [2.45, 2.75) is 26.4 Å². The van der Waals surface area contributed by atoms with Gasteiger partial charge in [-0.1, -0.05) is 13.8 Å². The van der Waals surface area contributed by atoms with Crippen LogP contribution in [0, 0.1) is 5.92 Å². The lowest BCUT2D eigenvalue weighted by atomic mass is 10.0. The zero-order chi connectivity index (χ0) is 10.8. The summed E-state index contributed by atoms with van der Waals surface area (Å²) in [5.74, 6) is 0.490. The van der Waals surface area contributed by atoms with Crippen molar-refractivity contribution in [1.29, 1.82) is 0 Å². The number of hydrogen-bond acceptors (Lipinski definition) is 2. The van der Waals surface area contributed by atoms with Crippen molar-refractivity contribution < 1.29 is 5.11 Å². The maximum atomic E-state index is 9.94. The number of rotatable bonds is 3. The molecule has 2 rings (SSSR count). The molecule has 0 saturated carbocycles. The molecule has 2 aromatic rings. The average Bonchev–Trinajstić information content (AvgIpc) is 2.59. The number of aliphatic hydroxyl groups is 1. The average molecular weight is 204 g/mol. The van der Waals surface area contributed by atoms with Gasteiger partial charge in [0.2, 0.25) is 0 Å². The van der Waals surface area contributed by atoms with Gasteiger partial charge >= 0.3 is 0 Å². The van der Waals surface area contributed by atoms with E-state index in [9.17, 15) is 5.11 Å². The Bertz CT molecular complexity index is 415. The van der Waals surface area contributed by atoms with Gasteiger partial charge in [0.15, 0.2) is 0 Å². The molecule has 0 aliphatic heterocycles. The lowest BCUT2D eigenvalue weighted by Crippen LogP contribution is -2.01. The van der Waals surface area contributed by atoms with Crippen molar-refractivity contribution in [1.82, 2.24) is 9.97 Å². The van der Waals surface area contributed by atoms with Crippen molar-refractivity contribution in [3.05, 3.63) is 30.2 Å². The van der Waals surface area contributed by atoms with E-state index in [1.807, 2.05) is 12.1 Å². The number of aromatic nitrogens is 2. The fourth-order valence-corrected chi connectivity index (χ4v) is 1.75. The molecule has 0 aromatic carbocycles. The summed E-state index contributed by atoms with van der Waals surface area (Å²) in [7, 11) is 0. The van der Waals surface area contributed by atoms with E-state index in [0.29, 0.717) is 5.92 Å². The van der Waals surface area contributed by atoms with E-state index >= 15 is 0 Å². The van der Waals surface area contributed by atoms with Gasteiger partial charge in [0.25, 0.3) is 0 Å². The molecule has 80 valence electrons. The van der Waals surface area contributed by atoms with Gasteiger partial charge in [0.1, 0.15) is 0 Å². The smallest absolute Gasteiger partial charge is 0.0940 e. The maximum absolute atomic E-state index is 9.94. The largest absolute Gasteiger partial charge is 0.387 e. The molecular formula is C12H16N2O. The molecule has 0 bridgehead atoms. The molecule has 0 unspecified atom stereocenters. The van der Waals surface area contributed by atoms with Crippen molar-refractivity contribution in [3.8, 4) is 0 Å². The van der Waals surface area contributed by atoms with E-state index < -0.39 is 6.10 Å². The van der Waals surface area contributed by atoms with Crippen LogP contribution in [-0.4, -0.2) is 15.1 Å². The number of aliphatic hydroxyl groups excluding tert-OH is 1. The molecule has 2 aromatic heterocycles. The maximum Gasteiger partial charge on any atom is 0.0940 e. The van der Waals surface area contributed by atoms with Gasteiger partial charge in [-0.15, -0.1) is 0 Å². The first kappa shape index (κ1) is 10.2. The number of pyridine rings is 1. The predicted octanol–water partition coefficient (Wildman–Crippen LogP) is 2.64. The van der Waals surface area contributed by atoms with E-state index in [4.69, 9.17) is 0 Å². The van der Waals surface area contributed by atoms with Crippen LogP contribution in [0.5, 0.6) is 0 Å². The molecule has 0 amide bonds. The van der Waals surface area contributed by atoms with Crippen molar-refractivity contribution >= 4 is 10.9 Å². The van der Waals surface area contributed by atoms with E-state index in [1.54, 1.807) is 12.4 Å². The second-order valence-corrected chi connectivity index (χ2v) is 4.33. The van der Waals surface area contributed by atoms with Crippen LogP contribution < -0.4 is 0 Å². The molecule has 2 N–H and O–H groups in total. The molecule has 0 saturated heterocycles. The van der Waals surface area contributed by atoms with Crippen LogP contribution in [0.1, 0.15) is 32.1 Å².